The molecule has 2 atom stereocenters. The first-order valence-electron chi connectivity index (χ1n) is 5.40. The van der Waals surface area contributed by atoms with E-state index in [1.807, 2.05) is 0 Å². The van der Waals surface area contributed by atoms with E-state index in [1.54, 1.807) is 18.2 Å². The van der Waals surface area contributed by atoms with Gasteiger partial charge in [0.2, 0.25) is 0 Å². The van der Waals surface area contributed by atoms with Crippen molar-refractivity contribution in [2.45, 2.75) is 19.0 Å². The van der Waals surface area contributed by atoms with Crippen molar-refractivity contribution in [3.05, 3.63) is 29.8 Å². The smallest absolute Gasteiger partial charge is 0.129 e. The molecule has 1 aliphatic heterocycles. The molecule has 0 radical (unpaired) electrons. The number of nitrogens with one attached hydrogen (secondary N) is 1. The van der Waals surface area contributed by atoms with Crippen LogP contribution in [0.4, 0.5) is 4.39 Å². The van der Waals surface area contributed by atoms with Gasteiger partial charge in [0.25, 0.3) is 0 Å². The van der Waals surface area contributed by atoms with Gasteiger partial charge in [0, 0.05) is 5.56 Å². The molecule has 15 heavy (non-hydrogen) atoms. The molecule has 1 heterocycles. The minimum Gasteiger partial charge on any atom is -0.508 e. The number of hydrogen-bond acceptors (Lipinski definition) is 2. The summed E-state index contributed by atoms with van der Waals surface area (Å²) in [5.41, 5.74) is 0.421. The molecular formula is C12H16FNO. The van der Waals surface area contributed by atoms with Crippen molar-refractivity contribution >= 4 is 0 Å². The molecule has 2 rings (SSSR count). The summed E-state index contributed by atoms with van der Waals surface area (Å²) in [5, 5.41) is 12.7. The van der Waals surface area contributed by atoms with E-state index in [0.717, 1.165) is 19.5 Å². The third kappa shape index (κ3) is 2.48. The van der Waals surface area contributed by atoms with Gasteiger partial charge in [-0.05, 0) is 37.9 Å². The van der Waals surface area contributed by atoms with Crippen molar-refractivity contribution in [1.29, 1.82) is 0 Å². The molecule has 1 fully saturated rings. The third-order valence-electron chi connectivity index (χ3n) is 2.98. The molecule has 0 bridgehead atoms. The first kappa shape index (κ1) is 10.4. The van der Waals surface area contributed by atoms with E-state index in [2.05, 4.69) is 5.32 Å². The summed E-state index contributed by atoms with van der Waals surface area (Å²) >= 11 is 0. The summed E-state index contributed by atoms with van der Waals surface area (Å²) < 4.78 is 13.9. The summed E-state index contributed by atoms with van der Waals surface area (Å²) in [7, 11) is 0. The molecule has 3 heteroatoms. The first-order valence-corrected chi connectivity index (χ1v) is 5.40. The van der Waals surface area contributed by atoms with Crippen molar-refractivity contribution in [1.82, 2.24) is 5.32 Å². The monoisotopic (exact) mass is 209 g/mol. The quantitative estimate of drug-likeness (QED) is 0.801. The van der Waals surface area contributed by atoms with Crippen LogP contribution < -0.4 is 5.32 Å². The number of para-hydroxylation sites is 1. The van der Waals surface area contributed by atoms with E-state index in [1.165, 1.54) is 6.07 Å². The topological polar surface area (TPSA) is 32.3 Å². The van der Waals surface area contributed by atoms with Crippen molar-refractivity contribution in [2.75, 3.05) is 13.1 Å². The minimum atomic E-state index is -1.05. The van der Waals surface area contributed by atoms with Crippen LogP contribution in [0.5, 0.6) is 5.75 Å². The van der Waals surface area contributed by atoms with Crippen LogP contribution >= 0.6 is 0 Å². The number of aromatic hydroxyl groups is 1. The van der Waals surface area contributed by atoms with E-state index in [4.69, 9.17) is 0 Å². The summed E-state index contributed by atoms with van der Waals surface area (Å²) in [6.45, 7) is 1.88. The molecule has 0 aliphatic carbocycles. The molecule has 1 aromatic carbocycles. The minimum absolute atomic E-state index is 0.0657. The largest absolute Gasteiger partial charge is 0.508 e. The second kappa shape index (κ2) is 4.62. The predicted octanol–water partition coefficient (Wildman–Crippen LogP) is 2.40. The summed E-state index contributed by atoms with van der Waals surface area (Å²) in [4.78, 5) is 0. The van der Waals surface area contributed by atoms with Gasteiger partial charge in [-0.1, -0.05) is 18.2 Å². The van der Waals surface area contributed by atoms with E-state index in [-0.39, 0.29) is 5.75 Å². The molecule has 2 N–H and O–H groups in total. The Hall–Kier alpha value is -1.09. The van der Waals surface area contributed by atoms with Gasteiger partial charge in [-0.3, -0.25) is 0 Å². The number of rotatable bonds is 3. The lowest BCUT2D eigenvalue weighted by Gasteiger charge is -2.14. The highest BCUT2D eigenvalue weighted by atomic mass is 19.1. The Morgan fingerprint density at radius 1 is 1.47 bits per heavy atom. The molecule has 2 unspecified atom stereocenters. The maximum Gasteiger partial charge on any atom is 0.129 e. The van der Waals surface area contributed by atoms with E-state index in [0.29, 0.717) is 17.9 Å². The highest BCUT2D eigenvalue weighted by Gasteiger charge is 2.22. The fourth-order valence-corrected chi connectivity index (χ4v) is 2.09. The molecule has 0 saturated carbocycles. The lowest BCUT2D eigenvalue weighted by molar-refractivity contribution is 0.273. The number of phenols is 1. The molecule has 1 aromatic rings. The first-order chi connectivity index (χ1) is 7.27. The van der Waals surface area contributed by atoms with Gasteiger partial charge in [-0.15, -0.1) is 0 Å². The Bertz CT molecular complexity index is 323. The van der Waals surface area contributed by atoms with Crippen LogP contribution in [0.2, 0.25) is 0 Å². The average Bonchev–Trinajstić information content (AvgIpc) is 2.71. The third-order valence-corrected chi connectivity index (χ3v) is 2.98. The van der Waals surface area contributed by atoms with Gasteiger partial charge in [-0.25, -0.2) is 4.39 Å². The maximum atomic E-state index is 13.9. The molecule has 0 aromatic heterocycles. The molecule has 0 amide bonds. The van der Waals surface area contributed by atoms with Crippen LogP contribution in [-0.4, -0.2) is 18.2 Å². The molecule has 1 saturated heterocycles. The van der Waals surface area contributed by atoms with Gasteiger partial charge in [0.15, 0.2) is 0 Å². The van der Waals surface area contributed by atoms with Gasteiger partial charge >= 0.3 is 0 Å². The number of alkyl halides is 1. The van der Waals surface area contributed by atoms with Crippen molar-refractivity contribution in [3.63, 3.8) is 0 Å². The maximum absolute atomic E-state index is 13.9. The van der Waals surface area contributed by atoms with E-state index < -0.39 is 6.17 Å². The Labute approximate surface area is 89.1 Å². The molecular weight excluding hydrogens is 193 g/mol. The highest BCUT2D eigenvalue weighted by molar-refractivity contribution is 5.33. The van der Waals surface area contributed by atoms with Gasteiger partial charge in [0.05, 0.1) is 0 Å². The lowest BCUT2D eigenvalue weighted by Crippen LogP contribution is -2.10. The van der Waals surface area contributed by atoms with Crippen LogP contribution in [0.3, 0.4) is 0 Å². The van der Waals surface area contributed by atoms with Crippen LogP contribution in [0.15, 0.2) is 24.3 Å². The SMILES string of the molecule is Oc1ccccc1C(F)CC1CCNC1. The zero-order valence-corrected chi connectivity index (χ0v) is 8.62. The molecule has 1 aliphatic rings. The molecule has 2 nitrogen and oxygen atoms in total. The summed E-state index contributed by atoms with van der Waals surface area (Å²) in [6, 6.07) is 6.66. The number of halogens is 1. The Morgan fingerprint density at radius 2 is 2.27 bits per heavy atom. The van der Waals surface area contributed by atoms with Crippen LogP contribution in [-0.2, 0) is 0 Å². The van der Waals surface area contributed by atoms with E-state index >= 15 is 0 Å². The molecule has 82 valence electrons. The van der Waals surface area contributed by atoms with Crippen molar-refractivity contribution in [2.24, 2.45) is 5.92 Å². The van der Waals surface area contributed by atoms with Crippen LogP contribution in [0.1, 0.15) is 24.6 Å². The van der Waals surface area contributed by atoms with Crippen molar-refractivity contribution < 1.29 is 9.50 Å². The molecule has 0 spiro atoms. The summed E-state index contributed by atoms with van der Waals surface area (Å²) in [5.74, 6) is 0.468. The summed E-state index contributed by atoms with van der Waals surface area (Å²) in [6.07, 6.45) is 0.495. The Balaban J connectivity index is 2.00. The van der Waals surface area contributed by atoms with E-state index in [9.17, 15) is 9.50 Å². The number of phenolic OH excluding ortho intramolecular Hbond substituents is 1. The highest BCUT2D eigenvalue weighted by Crippen LogP contribution is 2.32. The Kier molecular flexibility index (Phi) is 3.21. The second-order valence-corrected chi connectivity index (χ2v) is 4.12. The predicted molar refractivity (Wildman–Crippen MR) is 57.5 cm³/mol. The fraction of sp³-hybridized carbons (Fsp3) is 0.500. The fourth-order valence-electron chi connectivity index (χ4n) is 2.09. The number of benzene rings is 1. The normalized spacial score (nSPS) is 22.9. The van der Waals surface area contributed by atoms with Crippen molar-refractivity contribution in [3.8, 4) is 5.75 Å². The van der Waals surface area contributed by atoms with Crippen LogP contribution in [0, 0.1) is 5.92 Å². The lowest BCUT2D eigenvalue weighted by atomic mass is 9.97. The zero-order chi connectivity index (χ0) is 10.7. The zero-order valence-electron chi connectivity index (χ0n) is 8.62. The number of hydrogen-bond donors (Lipinski definition) is 2. The standard InChI is InChI=1S/C12H16FNO/c13-11(7-9-5-6-14-8-9)10-3-1-2-4-12(10)15/h1-4,9,11,14-15H,5-8H2. The van der Waals surface area contributed by atoms with Gasteiger partial charge in [-0.2, -0.15) is 0 Å². The van der Waals surface area contributed by atoms with Gasteiger partial charge < -0.3 is 10.4 Å². The van der Waals surface area contributed by atoms with Gasteiger partial charge in [0.1, 0.15) is 11.9 Å². The second-order valence-electron chi connectivity index (χ2n) is 4.12. The average molecular weight is 209 g/mol. The Morgan fingerprint density at radius 3 is 2.93 bits per heavy atom. The van der Waals surface area contributed by atoms with Crippen LogP contribution in [0.25, 0.3) is 0 Å².